The largest absolute Gasteiger partial charge is 0.361 e. The van der Waals surface area contributed by atoms with Crippen molar-refractivity contribution in [2.75, 3.05) is 25.5 Å². The van der Waals surface area contributed by atoms with Gasteiger partial charge in [-0.25, -0.2) is 4.18 Å². The van der Waals surface area contributed by atoms with E-state index in [1.807, 2.05) is 0 Å². The summed E-state index contributed by atoms with van der Waals surface area (Å²) in [6, 6.07) is 8.58. The highest BCUT2D eigenvalue weighted by Crippen LogP contribution is 2.08. The van der Waals surface area contributed by atoms with Gasteiger partial charge in [-0.15, -0.1) is 0 Å². The summed E-state index contributed by atoms with van der Waals surface area (Å²) in [5.74, 6) is 0. The van der Waals surface area contributed by atoms with Crippen molar-refractivity contribution in [3.63, 3.8) is 0 Å². The number of anilines is 1. The Balaban J connectivity index is 2.57. The van der Waals surface area contributed by atoms with E-state index in [1.165, 1.54) is 0 Å². The van der Waals surface area contributed by atoms with Gasteiger partial charge in [0.2, 0.25) is 0 Å². The highest BCUT2D eigenvalue weighted by Gasteiger charge is 2.10. The van der Waals surface area contributed by atoms with Crippen molar-refractivity contribution in [1.82, 2.24) is 4.90 Å². The van der Waals surface area contributed by atoms with E-state index in [-0.39, 0.29) is 6.73 Å². The zero-order chi connectivity index (χ0) is 11.3. The first-order chi connectivity index (χ1) is 6.99. The van der Waals surface area contributed by atoms with Gasteiger partial charge in [-0.05, 0) is 26.2 Å². The summed E-state index contributed by atoms with van der Waals surface area (Å²) in [6.45, 7) is 0.0160. The normalized spacial score (nSPS) is 11.7. The number of benzene rings is 1. The second-order valence-corrected chi connectivity index (χ2v) is 4.60. The number of hydrogen-bond acceptors (Lipinski definition) is 4. The molecule has 1 aromatic rings. The van der Waals surface area contributed by atoms with Crippen molar-refractivity contribution in [2.45, 2.75) is 0 Å². The van der Waals surface area contributed by atoms with Crippen LogP contribution in [0.1, 0.15) is 0 Å². The van der Waals surface area contributed by atoms with Crippen molar-refractivity contribution in [3.8, 4) is 0 Å². The van der Waals surface area contributed by atoms with Crippen LogP contribution in [0.5, 0.6) is 0 Å². The Bertz CT molecular complexity index is 389. The van der Waals surface area contributed by atoms with Crippen molar-refractivity contribution in [3.05, 3.63) is 30.3 Å². The van der Waals surface area contributed by atoms with E-state index >= 15 is 0 Å². The average molecular weight is 230 g/mol. The lowest BCUT2D eigenvalue weighted by Crippen LogP contribution is -2.23. The quantitative estimate of drug-likeness (QED) is 0.763. The third kappa shape index (κ3) is 4.78. The Labute approximate surface area is 89.9 Å². The van der Waals surface area contributed by atoms with Crippen LogP contribution in [0.4, 0.5) is 5.69 Å². The van der Waals surface area contributed by atoms with Gasteiger partial charge in [0.15, 0.2) is 0 Å². The molecule has 0 aromatic heterocycles. The summed E-state index contributed by atoms with van der Waals surface area (Å²) in [7, 11) is -0.281. The molecular weight excluding hydrogens is 216 g/mol. The maximum absolute atomic E-state index is 11.3. The molecule has 0 aliphatic heterocycles. The fourth-order valence-corrected chi connectivity index (χ4v) is 1.69. The molecule has 0 bridgehead atoms. The maximum Gasteiger partial charge on any atom is 0.361 e. The fourth-order valence-electron chi connectivity index (χ4n) is 0.855. The van der Waals surface area contributed by atoms with Gasteiger partial charge in [-0.2, -0.15) is 8.42 Å². The Morgan fingerprint density at radius 2 is 1.87 bits per heavy atom. The van der Waals surface area contributed by atoms with Crippen LogP contribution in [-0.2, 0) is 14.5 Å². The standard InChI is InChI=1S/C9H14N2O3S/c1-11(2)8-14-15(12,13)10-9-6-4-3-5-7-9/h3-7,10H,8H2,1-2H3. The number of hydrogen-bond donors (Lipinski definition) is 1. The molecule has 15 heavy (non-hydrogen) atoms. The van der Waals surface area contributed by atoms with Crippen LogP contribution in [0.25, 0.3) is 0 Å². The lowest BCUT2D eigenvalue weighted by molar-refractivity contribution is 0.187. The molecule has 0 saturated heterocycles. The number of rotatable bonds is 5. The minimum absolute atomic E-state index is 0.0160. The van der Waals surface area contributed by atoms with E-state index in [9.17, 15) is 8.42 Å². The van der Waals surface area contributed by atoms with Crippen molar-refractivity contribution >= 4 is 16.0 Å². The SMILES string of the molecule is CN(C)COS(=O)(=O)Nc1ccccc1. The monoisotopic (exact) mass is 230 g/mol. The van der Waals surface area contributed by atoms with E-state index in [0.29, 0.717) is 5.69 Å². The summed E-state index contributed by atoms with van der Waals surface area (Å²) < 4.78 is 29.7. The summed E-state index contributed by atoms with van der Waals surface area (Å²) in [5, 5.41) is 0. The molecule has 0 aliphatic rings. The number of para-hydroxylation sites is 1. The molecule has 0 radical (unpaired) electrons. The molecule has 84 valence electrons. The fraction of sp³-hybridized carbons (Fsp3) is 0.333. The van der Waals surface area contributed by atoms with Gasteiger partial charge in [-0.3, -0.25) is 9.62 Å². The summed E-state index contributed by atoms with van der Waals surface area (Å²) >= 11 is 0. The highest BCUT2D eigenvalue weighted by atomic mass is 32.2. The van der Waals surface area contributed by atoms with E-state index in [2.05, 4.69) is 8.91 Å². The summed E-state index contributed by atoms with van der Waals surface area (Å²) in [4.78, 5) is 1.62. The van der Waals surface area contributed by atoms with E-state index in [0.717, 1.165) is 0 Å². The third-order valence-electron chi connectivity index (χ3n) is 1.48. The predicted molar refractivity (Wildman–Crippen MR) is 58.6 cm³/mol. The first-order valence-corrected chi connectivity index (χ1v) is 5.77. The van der Waals surface area contributed by atoms with Gasteiger partial charge in [0.1, 0.15) is 6.73 Å². The molecule has 1 aromatic carbocycles. The minimum Gasteiger partial charge on any atom is -0.286 e. The van der Waals surface area contributed by atoms with Crippen LogP contribution < -0.4 is 4.72 Å². The van der Waals surface area contributed by atoms with Gasteiger partial charge in [-0.1, -0.05) is 18.2 Å². The van der Waals surface area contributed by atoms with Gasteiger partial charge in [0, 0.05) is 0 Å². The van der Waals surface area contributed by atoms with Crippen LogP contribution in [0.3, 0.4) is 0 Å². The molecule has 1 N–H and O–H groups in total. The van der Waals surface area contributed by atoms with Gasteiger partial charge >= 0.3 is 10.3 Å². The van der Waals surface area contributed by atoms with Gasteiger partial charge < -0.3 is 0 Å². The van der Waals surface area contributed by atoms with Crippen molar-refractivity contribution in [1.29, 1.82) is 0 Å². The minimum atomic E-state index is -3.72. The summed E-state index contributed by atoms with van der Waals surface area (Å²) in [5.41, 5.74) is 0.483. The molecule has 0 saturated carbocycles. The lowest BCUT2D eigenvalue weighted by atomic mass is 10.3. The van der Waals surface area contributed by atoms with Gasteiger partial charge in [0.25, 0.3) is 0 Å². The van der Waals surface area contributed by atoms with Crippen LogP contribution in [-0.4, -0.2) is 34.1 Å². The molecule has 5 nitrogen and oxygen atoms in total. The van der Waals surface area contributed by atoms with Crippen LogP contribution in [0.2, 0.25) is 0 Å². The molecule has 0 aliphatic carbocycles. The lowest BCUT2D eigenvalue weighted by Gasteiger charge is -2.11. The van der Waals surface area contributed by atoms with Crippen LogP contribution in [0.15, 0.2) is 30.3 Å². The Hall–Kier alpha value is -1.11. The van der Waals surface area contributed by atoms with E-state index in [1.54, 1.807) is 49.3 Å². The van der Waals surface area contributed by atoms with Crippen LogP contribution in [0, 0.1) is 0 Å². The molecular formula is C9H14N2O3S. The van der Waals surface area contributed by atoms with Crippen molar-refractivity contribution in [2.24, 2.45) is 0 Å². The number of nitrogens with one attached hydrogen (secondary N) is 1. The maximum atomic E-state index is 11.3. The van der Waals surface area contributed by atoms with E-state index < -0.39 is 10.3 Å². The Kier molecular flexibility index (Phi) is 4.07. The highest BCUT2D eigenvalue weighted by molar-refractivity contribution is 7.88. The second-order valence-electron chi connectivity index (χ2n) is 3.25. The molecule has 0 atom stereocenters. The molecule has 1 rings (SSSR count). The zero-order valence-electron chi connectivity index (χ0n) is 8.67. The molecule has 0 spiro atoms. The van der Waals surface area contributed by atoms with Gasteiger partial charge in [0.05, 0.1) is 5.69 Å². The third-order valence-corrected chi connectivity index (χ3v) is 2.38. The molecule has 0 unspecified atom stereocenters. The molecule has 0 heterocycles. The first kappa shape index (κ1) is 12.0. The smallest absolute Gasteiger partial charge is 0.286 e. The molecule has 6 heteroatoms. The average Bonchev–Trinajstić information content (AvgIpc) is 2.16. The molecule has 0 fully saturated rings. The zero-order valence-corrected chi connectivity index (χ0v) is 9.49. The Morgan fingerprint density at radius 3 is 2.40 bits per heavy atom. The van der Waals surface area contributed by atoms with Crippen LogP contribution >= 0.6 is 0 Å². The second kappa shape index (κ2) is 5.11. The first-order valence-electron chi connectivity index (χ1n) is 4.36. The summed E-state index contributed by atoms with van der Waals surface area (Å²) in [6.07, 6.45) is 0. The van der Waals surface area contributed by atoms with Crippen molar-refractivity contribution < 1.29 is 12.6 Å². The molecule has 0 amide bonds. The van der Waals surface area contributed by atoms with E-state index in [4.69, 9.17) is 0 Å². The number of nitrogens with zero attached hydrogens (tertiary/aromatic N) is 1. The topological polar surface area (TPSA) is 58.6 Å². The predicted octanol–water partition coefficient (Wildman–Crippen LogP) is 0.879. The Morgan fingerprint density at radius 1 is 1.27 bits per heavy atom.